The fourth-order valence-corrected chi connectivity index (χ4v) is 2.67. The lowest BCUT2D eigenvalue weighted by atomic mass is 9.66. The number of carboxylic acids is 1. The zero-order valence-corrected chi connectivity index (χ0v) is 11.7. The number of rotatable bonds is 5. The van der Waals surface area contributed by atoms with Gasteiger partial charge in [0.2, 0.25) is 5.91 Å². The van der Waals surface area contributed by atoms with Crippen LogP contribution in [0.2, 0.25) is 0 Å². The van der Waals surface area contributed by atoms with Crippen LogP contribution < -0.4 is 5.32 Å². The Labute approximate surface area is 121 Å². The van der Waals surface area contributed by atoms with Crippen LogP contribution in [0.3, 0.4) is 0 Å². The van der Waals surface area contributed by atoms with Gasteiger partial charge in [0.1, 0.15) is 11.6 Å². The number of hydrogen-bond acceptors (Lipinski definition) is 2. The van der Waals surface area contributed by atoms with Gasteiger partial charge < -0.3 is 10.4 Å². The molecule has 1 unspecified atom stereocenters. The van der Waals surface area contributed by atoms with Gasteiger partial charge in [-0.05, 0) is 31.9 Å². The molecule has 1 aromatic carbocycles. The van der Waals surface area contributed by atoms with Crippen LogP contribution >= 0.6 is 0 Å². The quantitative estimate of drug-likeness (QED) is 0.878. The van der Waals surface area contributed by atoms with Crippen molar-refractivity contribution in [3.63, 3.8) is 0 Å². The molecule has 2 rings (SSSR count). The molecular formula is C15H17F2NO3. The maximum absolute atomic E-state index is 13.6. The van der Waals surface area contributed by atoms with Gasteiger partial charge in [0, 0.05) is 12.0 Å². The largest absolute Gasteiger partial charge is 0.481 e. The molecule has 0 radical (unpaired) electrons. The Bertz CT molecular complexity index is 550. The van der Waals surface area contributed by atoms with Gasteiger partial charge in [0.05, 0.1) is 11.5 Å². The molecule has 1 saturated carbocycles. The minimum Gasteiger partial charge on any atom is -0.481 e. The van der Waals surface area contributed by atoms with Crippen molar-refractivity contribution in [2.24, 2.45) is 5.41 Å². The van der Waals surface area contributed by atoms with Crippen LogP contribution in [0.15, 0.2) is 18.2 Å². The average molecular weight is 297 g/mol. The topological polar surface area (TPSA) is 66.4 Å². The Hall–Kier alpha value is -1.98. The molecule has 1 aliphatic carbocycles. The van der Waals surface area contributed by atoms with E-state index < -0.39 is 35.0 Å². The number of nitrogens with one attached hydrogen (secondary N) is 1. The third-order valence-corrected chi connectivity index (χ3v) is 4.07. The zero-order valence-electron chi connectivity index (χ0n) is 11.7. The average Bonchev–Trinajstić information content (AvgIpc) is 2.33. The molecule has 21 heavy (non-hydrogen) atoms. The van der Waals surface area contributed by atoms with Gasteiger partial charge in [-0.2, -0.15) is 0 Å². The van der Waals surface area contributed by atoms with Gasteiger partial charge in [-0.15, -0.1) is 0 Å². The van der Waals surface area contributed by atoms with Crippen molar-refractivity contribution >= 4 is 11.9 Å². The van der Waals surface area contributed by atoms with Crippen molar-refractivity contribution < 1.29 is 23.5 Å². The number of aliphatic carboxylic acids is 1. The monoisotopic (exact) mass is 297 g/mol. The second-order valence-electron chi connectivity index (χ2n) is 5.54. The minimum atomic E-state index is -1.02. The van der Waals surface area contributed by atoms with E-state index in [0.717, 1.165) is 18.6 Å². The third-order valence-electron chi connectivity index (χ3n) is 4.07. The molecule has 0 spiro atoms. The van der Waals surface area contributed by atoms with E-state index in [4.69, 9.17) is 0 Å². The molecule has 1 amide bonds. The van der Waals surface area contributed by atoms with Gasteiger partial charge >= 0.3 is 5.97 Å². The molecule has 0 saturated heterocycles. The minimum absolute atomic E-state index is 0.164. The maximum atomic E-state index is 13.6. The Balaban J connectivity index is 2.04. The molecule has 6 heteroatoms. The Morgan fingerprint density at radius 3 is 2.33 bits per heavy atom. The third kappa shape index (κ3) is 3.04. The van der Waals surface area contributed by atoms with Crippen LogP contribution in [0.1, 0.15) is 44.2 Å². The van der Waals surface area contributed by atoms with Gasteiger partial charge in [-0.25, -0.2) is 8.78 Å². The molecule has 1 aromatic rings. The second-order valence-corrected chi connectivity index (χ2v) is 5.54. The molecule has 114 valence electrons. The lowest BCUT2D eigenvalue weighted by Crippen LogP contribution is -2.43. The van der Waals surface area contributed by atoms with Crippen molar-refractivity contribution in [2.75, 3.05) is 0 Å². The number of benzene rings is 1. The molecule has 0 bridgehead atoms. The molecule has 1 aliphatic rings. The van der Waals surface area contributed by atoms with E-state index in [0.29, 0.717) is 12.8 Å². The predicted octanol–water partition coefficient (Wildman–Crippen LogP) is 2.79. The molecular weight excluding hydrogens is 280 g/mol. The van der Waals surface area contributed by atoms with Crippen molar-refractivity contribution in [2.45, 2.75) is 38.6 Å². The Kier molecular flexibility index (Phi) is 4.25. The van der Waals surface area contributed by atoms with E-state index in [1.165, 1.54) is 13.0 Å². The highest BCUT2D eigenvalue weighted by molar-refractivity contribution is 5.85. The summed E-state index contributed by atoms with van der Waals surface area (Å²) in [5.74, 6) is -2.97. The van der Waals surface area contributed by atoms with E-state index >= 15 is 0 Å². The number of carbonyl (C=O) groups excluding carboxylic acids is 1. The maximum Gasteiger partial charge on any atom is 0.310 e. The summed E-state index contributed by atoms with van der Waals surface area (Å²) in [6, 6.07) is 2.62. The van der Waals surface area contributed by atoms with Crippen LogP contribution in [0.25, 0.3) is 0 Å². The smallest absolute Gasteiger partial charge is 0.310 e. The summed E-state index contributed by atoms with van der Waals surface area (Å²) in [7, 11) is 0. The van der Waals surface area contributed by atoms with Crippen LogP contribution in [0.5, 0.6) is 0 Å². The first kappa shape index (κ1) is 15.4. The van der Waals surface area contributed by atoms with Gasteiger partial charge in [-0.3, -0.25) is 9.59 Å². The molecule has 1 atom stereocenters. The van der Waals surface area contributed by atoms with Crippen molar-refractivity contribution in [3.05, 3.63) is 35.4 Å². The van der Waals surface area contributed by atoms with Gasteiger partial charge in [0.25, 0.3) is 0 Å². The fraction of sp³-hybridized carbons (Fsp3) is 0.467. The summed E-state index contributed by atoms with van der Waals surface area (Å²) in [6.07, 6.45) is 1.52. The standard InChI is InChI=1S/C15H17F2NO3/c1-9(13-10(16)4-2-5-11(13)17)18-12(19)8-15(14(20)21)6-3-7-15/h2,4-5,9H,3,6-8H2,1H3,(H,18,19)(H,20,21). The summed E-state index contributed by atoms with van der Waals surface area (Å²) in [5.41, 5.74) is -1.23. The van der Waals surface area contributed by atoms with Crippen molar-refractivity contribution in [1.29, 1.82) is 0 Å². The van der Waals surface area contributed by atoms with E-state index in [2.05, 4.69) is 5.32 Å². The lowest BCUT2D eigenvalue weighted by molar-refractivity contribution is -0.157. The normalized spacial score (nSPS) is 17.7. The SMILES string of the molecule is CC(NC(=O)CC1(C(=O)O)CCC1)c1c(F)cccc1F. The molecule has 0 heterocycles. The summed E-state index contributed by atoms with van der Waals surface area (Å²) >= 11 is 0. The van der Waals surface area contributed by atoms with Crippen LogP contribution in [0, 0.1) is 17.0 Å². The van der Waals surface area contributed by atoms with E-state index in [1.807, 2.05) is 0 Å². The molecule has 2 N–H and O–H groups in total. The molecule has 0 aromatic heterocycles. The van der Waals surface area contributed by atoms with Crippen LogP contribution in [0.4, 0.5) is 8.78 Å². The lowest BCUT2D eigenvalue weighted by Gasteiger charge is -2.37. The summed E-state index contributed by atoms with van der Waals surface area (Å²) in [6.45, 7) is 1.47. The summed E-state index contributed by atoms with van der Waals surface area (Å²) < 4.78 is 27.2. The molecule has 0 aliphatic heterocycles. The number of amides is 1. The highest BCUT2D eigenvalue weighted by Gasteiger charge is 2.46. The second kappa shape index (κ2) is 5.79. The van der Waals surface area contributed by atoms with Crippen LogP contribution in [-0.2, 0) is 9.59 Å². The predicted molar refractivity (Wildman–Crippen MR) is 71.5 cm³/mol. The molecule has 4 nitrogen and oxygen atoms in total. The Morgan fingerprint density at radius 1 is 1.33 bits per heavy atom. The van der Waals surface area contributed by atoms with E-state index in [1.54, 1.807) is 0 Å². The fourth-order valence-electron chi connectivity index (χ4n) is 2.67. The van der Waals surface area contributed by atoms with Crippen molar-refractivity contribution in [3.8, 4) is 0 Å². The van der Waals surface area contributed by atoms with Gasteiger partial charge in [0.15, 0.2) is 0 Å². The van der Waals surface area contributed by atoms with Gasteiger partial charge in [-0.1, -0.05) is 12.5 Å². The van der Waals surface area contributed by atoms with E-state index in [-0.39, 0.29) is 12.0 Å². The van der Waals surface area contributed by atoms with Crippen molar-refractivity contribution in [1.82, 2.24) is 5.32 Å². The number of carboxylic acid groups (broad SMARTS) is 1. The number of hydrogen-bond donors (Lipinski definition) is 2. The van der Waals surface area contributed by atoms with Crippen LogP contribution in [-0.4, -0.2) is 17.0 Å². The first-order valence-corrected chi connectivity index (χ1v) is 6.82. The number of carbonyl (C=O) groups is 2. The highest BCUT2D eigenvalue weighted by atomic mass is 19.1. The van der Waals surface area contributed by atoms with E-state index in [9.17, 15) is 23.5 Å². The zero-order chi connectivity index (χ0) is 15.6. The highest BCUT2D eigenvalue weighted by Crippen LogP contribution is 2.44. The summed E-state index contributed by atoms with van der Waals surface area (Å²) in [5, 5.41) is 11.6. The first-order chi connectivity index (χ1) is 9.85. The molecule has 1 fully saturated rings. The number of halogens is 2. The Morgan fingerprint density at radius 2 is 1.90 bits per heavy atom. The summed E-state index contributed by atoms with van der Waals surface area (Å²) in [4.78, 5) is 23.1. The first-order valence-electron chi connectivity index (χ1n) is 6.82.